The van der Waals surface area contributed by atoms with Crippen LogP contribution in [-0.4, -0.2) is 32.3 Å². The summed E-state index contributed by atoms with van der Waals surface area (Å²) < 4.78 is 1.62. The number of rotatable bonds is 8. The lowest BCUT2D eigenvalue weighted by atomic mass is 10.2. The fourth-order valence-electron chi connectivity index (χ4n) is 2.59. The van der Waals surface area contributed by atoms with E-state index < -0.39 is 10.8 Å². The zero-order valence-corrected chi connectivity index (χ0v) is 17.0. The lowest BCUT2D eigenvalue weighted by Gasteiger charge is -2.09. The summed E-state index contributed by atoms with van der Waals surface area (Å²) in [6.07, 6.45) is 1.56. The van der Waals surface area contributed by atoms with Gasteiger partial charge >= 0.3 is 0 Å². The molecule has 154 valence electrons. The molecule has 1 heterocycles. The van der Waals surface area contributed by atoms with Crippen LogP contribution in [0, 0.1) is 10.1 Å². The second kappa shape index (κ2) is 9.42. The molecule has 0 atom stereocenters. The number of nitrogens with one attached hydrogen (secondary N) is 1. The maximum atomic E-state index is 12.4. The van der Waals surface area contributed by atoms with Crippen LogP contribution in [0.4, 0.5) is 11.5 Å². The maximum Gasteiger partial charge on any atom is 0.283 e. The topological polar surface area (TPSA) is 133 Å². The van der Waals surface area contributed by atoms with Crippen LogP contribution in [0.25, 0.3) is 0 Å². The number of nitro benzene ring substituents is 1. The first-order valence-electron chi connectivity index (χ1n) is 8.60. The van der Waals surface area contributed by atoms with Gasteiger partial charge in [0.15, 0.2) is 0 Å². The number of nitrogens with two attached hydrogens (primary N) is 1. The average Bonchev–Trinajstić information content (AvgIpc) is 3.14. The minimum atomic E-state index is -0.763. The van der Waals surface area contributed by atoms with Gasteiger partial charge in [-0.3, -0.25) is 19.7 Å². The van der Waals surface area contributed by atoms with E-state index in [2.05, 4.69) is 10.4 Å². The first-order valence-corrected chi connectivity index (χ1v) is 9.97. The molecule has 0 aliphatic rings. The van der Waals surface area contributed by atoms with E-state index in [1.807, 2.05) is 12.1 Å². The zero-order valence-electron chi connectivity index (χ0n) is 15.4. The molecule has 3 N–H and O–H groups in total. The Bertz CT molecular complexity index is 1100. The Morgan fingerprint density at radius 1 is 1.20 bits per heavy atom. The zero-order chi connectivity index (χ0) is 21.7. The molecule has 30 heavy (non-hydrogen) atoms. The van der Waals surface area contributed by atoms with E-state index >= 15 is 0 Å². The highest BCUT2D eigenvalue weighted by Gasteiger charge is 2.18. The van der Waals surface area contributed by atoms with E-state index in [0.717, 1.165) is 23.4 Å². The van der Waals surface area contributed by atoms with Gasteiger partial charge in [-0.1, -0.05) is 23.7 Å². The number of halogens is 1. The van der Waals surface area contributed by atoms with Gasteiger partial charge in [0.1, 0.15) is 5.82 Å². The lowest BCUT2D eigenvalue weighted by molar-refractivity contribution is -0.387. The molecule has 0 aliphatic heterocycles. The van der Waals surface area contributed by atoms with Crippen molar-refractivity contribution in [2.75, 3.05) is 11.1 Å². The Morgan fingerprint density at radius 2 is 1.93 bits per heavy atom. The van der Waals surface area contributed by atoms with Crippen molar-refractivity contribution in [3.8, 4) is 0 Å². The molecule has 0 saturated heterocycles. The summed E-state index contributed by atoms with van der Waals surface area (Å²) in [5.74, 6) is -0.690. The molecule has 0 aliphatic carbocycles. The summed E-state index contributed by atoms with van der Waals surface area (Å²) in [6.45, 7) is 0.437. The second-order valence-electron chi connectivity index (χ2n) is 6.14. The van der Waals surface area contributed by atoms with Gasteiger partial charge in [0.2, 0.25) is 11.8 Å². The Kier molecular flexibility index (Phi) is 6.70. The van der Waals surface area contributed by atoms with Gasteiger partial charge in [-0.2, -0.15) is 5.10 Å². The SMILES string of the molecule is NC(=O)c1ccc(SCC(=O)Nc2ccnn2Cc2ccc(Cl)cc2)c([N+](=O)[O-])c1. The van der Waals surface area contributed by atoms with E-state index in [1.165, 1.54) is 12.1 Å². The molecule has 0 radical (unpaired) electrons. The predicted molar refractivity (Wildman–Crippen MR) is 114 cm³/mol. The number of hydrogen-bond donors (Lipinski definition) is 2. The first kappa shape index (κ1) is 21.3. The fourth-order valence-corrected chi connectivity index (χ4v) is 3.52. The van der Waals surface area contributed by atoms with Gasteiger partial charge in [-0.25, -0.2) is 4.68 Å². The number of amides is 2. The normalized spacial score (nSPS) is 10.6. The van der Waals surface area contributed by atoms with Crippen molar-refractivity contribution in [2.45, 2.75) is 11.4 Å². The van der Waals surface area contributed by atoms with Crippen molar-refractivity contribution in [3.63, 3.8) is 0 Å². The molecule has 0 unspecified atom stereocenters. The average molecular weight is 446 g/mol. The van der Waals surface area contributed by atoms with Crippen molar-refractivity contribution in [2.24, 2.45) is 5.73 Å². The molecule has 0 spiro atoms. The van der Waals surface area contributed by atoms with Crippen molar-refractivity contribution < 1.29 is 14.5 Å². The van der Waals surface area contributed by atoms with Gasteiger partial charge in [-0.15, -0.1) is 11.8 Å². The summed E-state index contributed by atoms with van der Waals surface area (Å²) in [5.41, 5.74) is 5.87. The Labute approximate surface area is 180 Å². The van der Waals surface area contributed by atoms with E-state index in [0.29, 0.717) is 17.4 Å². The minimum Gasteiger partial charge on any atom is -0.366 e. The van der Waals surface area contributed by atoms with Gasteiger partial charge in [0.05, 0.1) is 28.3 Å². The molecule has 0 bridgehead atoms. The van der Waals surface area contributed by atoms with Crippen LogP contribution in [0.1, 0.15) is 15.9 Å². The van der Waals surface area contributed by atoms with Crippen LogP contribution in [0.2, 0.25) is 5.02 Å². The highest BCUT2D eigenvalue weighted by Crippen LogP contribution is 2.30. The van der Waals surface area contributed by atoms with Crippen LogP contribution in [0.5, 0.6) is 0 Å². The van der Waals surface area contributed by atoms with Gasteiger partial charge in [0, 0.05) is 22.7 Å². The number of carbonyl (C=O) groups excluding carboxylic acids is 2. The highest BCUT2D eigenvalue weighted by molar-refractivity contribution is 8.00. The summed E-state index contributed by atoms with van der Waals surface area (Å²) in [4.78, 5) is 34.5. The summed E-state index contributed by atoms with van der Waals surface area (Å²) >= 11 is 6.87. The summed E-state index contributed by atoms with van der Waals surface area (Å²) in [7, 11) is 0. The number of primary amides is 1. The van der Waals surface area contributed by atoms with Crippen molar-refractivity contribution in [1.82, 2.24) is 9.78 Å². The molecule has 2 aromatic carbocycles. The van der Waals surface area contributed by atoms with Crippen LogP contribution < -0.4 is 11.1 Å². The summed E-state index contributed by atoms with van der Waals surface area (Å²) in [6, 6.07) is 12.8. The molecule has 1 aromatic heterocycles. The minimum absolute atomic E-state index is 0.0293. The molecular weight excluding hydrogens is 430 g/mol. The van der Waals surface area contributed by atoms with Crippen molar-refractivity contribution in [3.05, 3.63) is 81.0 Å². The van der Waals surface area contributed by atoms with Crippen LogP contribution in [-0.2, 0) is 11.3 Å². The Morgan fingerprint density at radius 3 is 2.60 bits per heavy atom. The van der Waals surface area contributed by atoms with E-state index in [4.69, 9.17) is 17.3 Å². The third-order valence-corrected chi connectivity index (χ3v) is 5.34. The van der Waals surface area contributed by atoms with E-state index in [1.54, 1.807) is 29.1 Å². The molecule has 3 rings (SSSR count). The number of carbonyl (C=O) groups is 2. The predicted octanol–water partition coefficient (Wildman–Crippen LogP) is 3.32. The van der Waals surface area contributed by atoms with Crippen molar-refractivity contribution in [1.29, 1.82) is 0 Å². The largest absolute Gasteiger partial charge is 0.366 e. The smallest absolute Gasteiger partial charge is 0.283 e. The number of thioether (sulfide) groups is 1. The Hall–Kier alpha value is -3.37. The molecule has 3 aromatic rings. The lowest BCUT2D eigenvalue weighted by Crippen LogP contribution is -2.18. The molecule has 0 fully saturated rings. The number of benzene rings is 2. The number of hydrogen-bond acceptors (Lipinski definition) is 6. The van der Waals surface area contributed by atoms with Crippen molar-refractivity contribution >= 4 is 46.7 Å². The fraction of sp³-hybridized carbons (Fsp3) is 0.105. The molecule has 11 heteroatoms. The molecule has 9 nitrogen and oxygen atoms in total. The maximum absolute atomic E-state index is 12.4. The number of nitro groups is 1. The summed E-state index contributed by atoms with van der Waals surface area (Å²) in [5, 5.41) is 18.8. The van der Waals surface area contributed by atoms with Crippen LogP contribution in [0.3, 0.4) is 0 Å². The second-order valence-corrected chi connectivity index (χ2v) is 7.59. The third kappa shape index (κ3) is 5.37. The Balaban J connectivity index is 1.65. The van der Waals surface area contributed by atoms with E-state index in [-0.39, 0.29) is 27.8 Å². The number of nitrogens with zero attached hydrogens (tertiary/aromatic N) is 3. The van der Waals surface area contributed by atoms with Crippen LogP contribution in [0.15, 0.2) is 59.6 Å². The van der Waals surface area contributed by atoms with Gasteiger partial charge in [-0.05, 0) is 29.8 Å². The molecule has 0 saturated carbocycles. The monoisotopic (exact) mass is 445 g/mol. The molecule has 2 amide bonds. The highest BCUT2D eigenvalue weighted by atomic mass is 35.5. The molecular formula is C19H16ClN5O4S. The third-order valence-electron chi connectivity index (χ3n) is 4.03. The van der Waals surface area contributed by atoms with Gasteiger partial charge in [0.25, 0.3) is 5.69 Å². The number of anilines is 1. The quantitative estimate of drug-likeness (QED) is 0.310. The standard InChI is InChI=1S/C19H16ClN5O4S/c20-14-4-1-12(2-5-14)10-24-17(7-8-22-24)23-18(26)11-30-16-6-3-13(19(21)27)9-15(16)25(28)29/h1-9H,10-11H2,(H2,21,27)(H,23,26). The first-order chi connectivity index (χ1) is 14.3. The van der Waals surface area contributed by atoms with E-state index in [9.17, 15) is 19.7 Å². The van der Waals surface area contributed by atoms with Crippen LogP contribution >= 0.6 is 23.4 Å². The number of aromatic nitrogens is 2. The van der Waals surface area contributed by atoms with Gasteiger partial charge < -0.3 is 11.1 Å².